The van der Waals surface area contributed by atoms with Crippen LogP contribution in [0.1, 0.15) is 44.7 Å². The molecule has 8 heteroatoms. The molecule has 0 aliphatic carbocycles. The molecule has 0 saturated carbocycles. The SMILES string of the molecule is CC1(C)C[C@@H](NC(=O)[C@@H]2CCCN(S(=O)(=O)c3ccc(Cl)cc3)C2)c2ccccc2O1. The van der Waals surface area contributed by atoms with E-state index in [9.17, 15) is 13.2 Å². The van der Waals surface area contributed by atoms with E-state index in [1.807, 2.05) is 38.1 Å². The Morgan fingerprint density at radius 1 is 1.16 bits per heavy atom. The summed E-state index contributed by atoms with van der Waals surface area (Å²) in [5.74, 6) is 0.266. The third-order valence-corrected chi connectivity index (χ3v) is 8.03. The number of ether oxygens (including phenoxy) is 1. The minimum atomic E-state index is -3.67. The summed E-state index contributed by atoms with van der Waals surface area (Å²) in [4.78, 5) is 13.3. The topological polar surface area (TPSA) is 75.7 Å². The highest BCUT2D eigenvalue weighted by molar-refractivity contribution is 7.89. The van der Waals surface area contributed by atoms with Crippen molar-refractivity contribution < 1.29 is 17.9 Å². The van der Waals surface area contributed by atoms with Crippen molar-refractivity contribution in [2.45, 2.75) is 49.6 Å². The number of amides is 1. The quantitative estimate of drug-likeness (QED) is 0.740. The van der Waals surface area contributed by atoms with Gasteiger partial charge in [0, 0.05) is 30.1 Å². The molecule has 2 aromatic carbocycles. The van der Waals surface area contributed by atoms with Crippen molar-refractivity contribution in [1.29, 1.82) is 0 Å². The van der Waals surface area contributed by atoms with Crippen molar-refractivity contribution in [3.05, 3.63) is 59.1 Å². The van der Waals surface area contributed by atoms with Gasteiger partial charge in [0.05, 0.1) is 16.9 Å². The number of carbonyl (C=O) groups excluding carboxylic acids is 1. The summed E-state index contributed by atoms with van der Waals surface area (Å²) in [6, 6.07) is 13.7. The van der Waals surface area contributed by atoms with Gasteiger partial charge in [-0.3, -0.25) is 4.79 Å². The highest BCUT2D eigenvalue weighted by Gasteiger charge is 2.37. The second-order valence-electron chi connectivity index (χ2n) is 8.82. The Morgan fingerprint density at radius 3 is 2.61 bits per heavy atom. The van der Waals surface area contributed by atoms with Gasteiger partial charge in [-0.15, -0.1) is 0 Å². The van der Waals surface area contributed by atoms with E-state index in [4.69, 9.17) is 16.3 Å². The van der Waals surface area contributed by atoms with Gasteiger partial charge in [0.1, 0.15) is 11.4 Å². The van der Waals surface area contributed by atoms with Crippen LogP contribution in [0.15, 0.2) is 53.4 Å². The summed E-state index contributed by atoms with van der Waals surface area (Å²) in [5.41, 5.74) is 0.555. The molecule has 2 aliphatic heterocycles. The molecule has 0 unspecified atom stereocenters. The zero-order valence-electron chi connectivity index (χ0n) is 17.7. The summed E-state index contributed by atoms with van der Waals surface area (Å²) in [6.07, 6.45) is 1.95. The number of para-hydroxylation sites is 1. The normalized spacial score (nSPS) is 23.5. The molecular weight excluding hydrogens is 436 g/mol. The molecule has 2 heterocycles. The van der Waals surface area contributed by atoms with Crippen LogP contribution in [0.3, 0.4) is 0 Å². The van der Waals surface area contributed by atoms with Crippen molar-refractivity contribution in [3.63, 3.8) is 0 Å². The van der Waals surface area contributed by atoms with Crippen LogP contribution in [0.5, 0.6) is 5.75 Å². The molecule has 1 N–H and O–H groups in total. The number of carbonyl (C=O) groups is 1. The van der Waals surface area contributed by atoms with Gasteiger partial charge in [0.15, 0.2) is 0 Å². The Morgan fingerprint density at radius 2 is 1.87 bits per heavy atom. The first-order valence-electron chi connectivity index (χ1n) is 10.5. The van der Waals surface area contributed by atoms with E-state index in [1.165, 1.54) is 16.4 Å². The first kappa shape index (κ1) is 22.1. The number of nitrogens with zero attached hydrogens (tertiary/aromatic N) is 1. The van der Waals surface area contributed by atoms with Crippen LogP contribution < -0.4 is 10.1 Å². The molecule has 0 bridgehead atoms. The van der Waals surface area contributed by atoms with Crippen molar-refractivity contribution >= 4 is 27.5 Å². The number of hydrogen-bond donors (Lipinski definition) is 1. The van der Waals surface area contributed by atoms with Crippen molar-refractivity contribution in [2.75, 3.05) is 13.1 Å². The van der Waals surface area contributed by atoms with E-state index in [2.05, 4.69) is 5.32 Å². The average Bonchev–Trinajstić information content (AvgIpc) is 2.73. The Balaban J connectivity index is 1.49. The molecule has 2 aliphatic rings. The number of benzene rings is 2. The predicted molar refractivity (Wildman–Crippen MR) is 120 cm³/mol. The average molecular weight is 463 g/mol. The Kier molecular flexibility index (Phi) is 6.03. The van der Waals surface area contributed by atoms with Gasteiger partial charge >= 0.3 is 0 Å². The van der Waals surface area contributed by atoms with E-state index in [1.54, 1.807) is 12.1 Å². The number of halogens is 1. The smallest absolute Gasteiger partial charge is 0.243 e. The van der Waals surface area contributed by atoms with Crippen LogP contribution in [0.4, 0.5) is 0 Å². The minimum Gasteiger partial charge on any atom is -0.487 e. The third kappa shape index (κ3) is 4.73. The first-order valence-corrected chi connectivity index (χ1v) is 12.3. The molecular formula is C23H27ClN2O4S. The summed E-state index contributed by atoms with van der Waals surface area (Å²) < 4.78 is 33.5. The van der Waals surface area contributed by atoms with Gasteiger partial charge in [0.25, 0.3) is 0 Å². The number of nitrogens with one attached hydrogen (secondary N) is 1. The monoisotopic (exact) mass is 462 g/mol. The molecule has 166 valence electrons. The highest BCUT2D eigenvalue weighted by atomic mass is 35.5. The molecule has 0 aromatic heterocycles. The Hall–Kier alpha value is -2.09. The predicted octanol–water partition coefficient (Wildman–Crippen LogP) is 4.16. The molecule has 1 fully saturated rings. The summed E-state index contributed by atoms with van der Waals surface area (Å²) in [5, 5.41) is 3.64. The van der Waals surface area contributed by atoms with Gasteiger partial charge in [-0.05, 0) is 57.0 Å². The number of piperidine rings is 1. The second-order valence-corrected chi connectivity index (χ2v) is 11.2. The van der Waals surface area contributed by atoms with Gasteiger partial charge in [0.2, 0.25) is 15.9 Å². The maximum atomic E-state index is 13.1. The lowest BCUT2D eigenvalue weighted by Crippen LogP contribution is -2.47. The number of fused-ring (bicyclic) bond motifs is 1. The summed E-state index contributed by atoms with van der Waals surface area (Å²) in [6.45, 7) is 4.58. The maximum Gasteiger partial charge on any atom is 0.243 e. The Labute approximate surface area is 188 Å². The molecule has 0 radical (unpaired) electrons. The van der Waals surface area contributed by atoms with E-state index >= 15 is 0 Å². The number of hydrogen-bond acceptors (Lipinski definition) is 4. The molecule has 2 atom stereocenters. The number of sulfonamides is 1. The lowest BCUT2D eigenvalue weighted by Gasteiger charge is -2.39. The number of rotatable bonds is 4. The second kappa shape index (κ2) is 8.45. The minimum absolute atomic E-state index is 0.117. The van der Waals surface area contributed by atoms with Crippen molar-refractivity contribution in [3.8, 4) is 5.75 Å². The summed E-state index contributed by atoms with van der Waals surface area (Å²) >= 11 is 5.89. The van der Waals surface area contributed by atoms with E-state index in [0.717, 1.165) is 11.3 Å². The lowest BCUT2D eigenvalue weighted by molar-refractivity contribution is -0.127. The maximum absolute atomic E-state index is 13.1. The van der Waals surface area contributed by atoms with Crippen LogP contribution in [0.25, 0.3) is 0 Å². The van der Waals surface area contributed by atoms with Crippen LogP contribution in [-0.2, 0) is 14.8 Å². The fourth-order valence-corrected chi connectivity index (χ4v) is 6.00. The fraction of sp³-hybridized carbons (Fsp3) is 0.435. The molecule has 31 heavy (non-hydrogen) atoms. The van der Waals surface area contributed by atoms with Crippen molar-refractivity contribution in [1.82, 2.24) is 9.62 Å². The largest absolute Gasteiger partial charge is 0.487 e. The molecule has 2 aromatic rings. The molecule has 4 rings (SSSR count). The van der Waals surface area contributed by atoms with Crippen LogP contribution in [0, 0.1) is 5.92 Å². The zero-order valence-corrected chi connectivity index (χ0v) is 19.2. The first-order chi connectivity index (χ1) is 14.7. The molecule has 6 nitrogen and oxygen atoms in total. The van der Waals surface area contributed by atoms with E-state index in [0.29, 0.717) is 30.8 Å². The standard InChI is InChI=1S/C23H27ClN2O4S/c1-23(2)14-20(19-7-3-4-8-21(19)30-23)25-22(27)16-6-5-13-26(15-16)31(28,29)18-11-9-17(24)10-12-18/h3-4,7-12,16,20H,5-6,13-15H2,1-2H3,(H,25,27)/t16-,20-/m1/s1. The van der Waals surface area contributed by atoms with Gasteiger partial charge in [-0.25, -0.2) is 8.42 Å². The molecule has 1 amide bonds. The fourth-order valence-electron chi connectivity index (χ4n) is 4.35. The third-order valence-electron chi connectivity index (χ3n) is 5.90. The van der Waals surface area contributed by atoms with Crippen LogP contribution in [0.2, 0.25) is 5.02 Å². The van der Waals surface area contributed by atoms with Crippen LogP contribution in [-0.4, -0.2) is 37.3 Å². The van der Waals surface area contributed by atoms with Gasteiger partial charge in [-0.2, -0.15) is 4.31 Å². The van der Waals surface area contributed by atoms with Gasteiger partial charge in [-0.1, -0.05) is 29.8 Å². The van der Waals surface area contributed by atoms with Crippen molar-refractivity contribution in [2.24, 2.45) is 5.92 Å². The van der Waals surface area contributed by atoms with E-state index < -0.39 is 21.5 Å². The Bertz CT molecular complexity index is 1070. The lowest BCUT2D eigenvalue weighted by atomic mass is 9.89. The molecule has 0 spiro atoms. The highest BCUT2D eigenvalue weighted by Crippen LogP contribution is 2.39. The summed E-state index contributed by atoms with van der Waals surface area (Å²) in [7, 11) is -3.67. The zero-order chi connectivity index (χ0) is 22.2. The molecule has 1 saturated heterocycles. The van der Waals surface area contributed by atoms with Crippen LogP contribution >= 0.6 is 11.6 Å². The van der Waals surface area contributed by atoms with E-state index in [-0.39, 0.29) is 23.4 Å². The van der Waals surface area contributed by atoms with Gasteiger partial charge < -0.3 is 10.1 Å².